The van der Waals surface area contributed by atoms with Gasteiger partial charge in [-0.1, -0.05) is 6.92 Å². The van der Waals surface area contributed by atoms with E-state index in [1.54, 1.807) is 0 Å². The maximum atomic E-state index is 11.5. The van der Waals surface area contributed by atoms with Crippen LogP contribution < -0.4 is 0 Å². The van der Waals surface area contributed by atoms with Gasteiger partial charge in [0.25, 0.3) is 0 Å². The largest absolute Gasteiger partial charge is 0.338 e. The molecule has 1 fully saturated rings. The van der Waals surface area contributed by atoms with Crippen molar-refractivity contribution in [1.29, 1.82) is 0 Å². The van der Waals surface area contributed by atoms with Crippen LogP contribution in [0.2, 0.25) is 0 Å². The monoisotopic (exact) mass is 155 g/mol. The number of amides is 1. The van der Waals surface area contributed by atoms with Crippen molar-refractivity contribution in [2.45, 2.75) is 39.7 Å². The molecular formula is C9H17NO. The van der Waals surface area contributed by atoms with E-state index in [9.17, 15) is 4.79 Å². The number of rotatable bonds is 0. The Hall–Kier alpha value is -0.530. The third-order valence-electron chi connectivity index (χ3n) is 2.28. The zero-order valence-corrected chi connectivity index (χ0v) is 7.85. The van der Waals surface area contributed by atoms with Crippen LogP contribution in [0.3, 0.4) is 0 Å². The van der Waals surface area contributed by atoms with Crippen LogP contribution in [0, 0.1) is 5.92 Å². The maximum Gasteiger partial charge on any atom is 0.225 e. The molecule has 0 aromatic rings. The lowest BCUT2D eigenvalue weighted by atomic mass is 10.1. The molecule has 0 N–H and O–H groups in total. The van der Waals surface area contributed by atoms with Crippen LogP contribution in [0.25, 0.3) is 0 Å². The fraction of sp³-hybridized carbons (Fsp3) is 0.889. The molecule has 1 amide bonds. The number of hydrogen-bond donors (Lipinski definition) is 0. The van der Waals surface area contributed by atoms with Crippen molar-refractivity contribution in [3.8, 4) is 0 Å². The SMILES string of the molecule is C[C@H]1CCN(C(C)(C)C)C1=O. The van der Waals surface area contributed by atoms with Gasteiger partial charge in [0.2, 0.25) is 5.91 Å². The molecule has 11 heavy (non-hydrogen) atoms. The van der Waals surface area contributed by atoms with Gasteiger partial charge in [-0.05, 0) is 27.2 Å². The average molecular weight is 155 g/mol. The van der Waals surface area contributed by atoms with E-state index in [0.29, 0.717) is 5.91 Å². The molecule has 1 rings (SSSR count). The molecule has 2 heteroatoms. The average Bonchev–Trinajstić information content (AvgIpc) is 2.11. The lowest BCUT2D eigenvalue weighted by molar-refractivity contribution is -0.134. The second kappa shape index (κ2) is 2.50. The molecule has 1 aliphatic heterocycles. The summed E-state index contributed by atoms with van der Waals surface area (Å²) in [5.41, 5.74) is 0.0157. The summed E-state index contributed by atoms with van der Waals surface area (Å²) in [6, 6.07) is 0. The molecule has 0 aromatic heterocycles. The van der Waals surface area contributed by atoms with Crippen LogP contribution in [0.1, 0.15) is 34.1 Å². The van der Waals surface area contributed by atoms with Gasteiger partial charge in [0.15, 0.2) is 0 Å². The summed E-state index contributed by atoms with van der Waals surface area (Å²) in [7, 11) is 0. The highest BCUT2D eigenvalue weighted by atomic mass is 16.2. The van der Waals surface area contributed by atoms with Gasteiger partial charge in [-0.2, -0.15) is 0 Å². The molecule has 0 unspecified atom stereocenters. The Balaban J connectivity index is 2.70. The molecule has 0 aromatic carbocycles. The Morgan fingerprint density at radius 1 is 1.45 bits per heavy atom. The van der Waals surface area contributed by atoms with E-state index >= 15 is 0 Å². The highest BCUT2D eigenvalue weighted by Gasteiger charge is 2.34. The zero-order valence-electron chi connectivity index (χ0n) is 7.85. The molecule has 0 saturated carbocycles. The summed E-state index contributed by atoms with van der Waals surface area (Å²) in [4.78, 5) is 13.4. The number of carbonyl (C=O) groups excluding carboxylic acids is 1. The molecule has 1 heterocycles. The minimum atomic E-state index is 0.0157. The van der Waals surface area contributed by atoms with E-state index < -0.39 is 0 Å². The fourth-order valence-corrected chi connectivity index (χ4v) is 1.49. The molecule has 2 nitrogen and oxygen atoms in total. The molecule has 1 aliphatic rings. The number of likely N-dealkylation sites (tertiary alicyclic amines) is 1. The molecule has 0 spiro atoms. The van der Waals surface area contributed by atoms with Crippen LogP contribution in [0.5, 0.6) is 0 Å². The van der Waals surface area contributed by atoms with Gasteiger partial charge in [-0.15, -0.1) is 0 Å². The van der Waals surface area contributed by atoms with E-state index in [4.69, 9.17) is 0 Å². The second-order valence-electron chi connectivity index (χ2n) is 4.35. The van der Waals surface area contributed by atoms with Gasteiger partial charge >= 0.3 is 0 Å². The first-order valence-electron chi connectivity index (χ1n) is 4.24. The Labute approximate surface area is 68.6 Å². The van der Waals surface area contributed by atoms with Crippen molar-refractivity contribution in [1.82, 2.24) is 4.90 Å². The molecule has 1 saturated heterocycles. The maximum absolute atomic E-state index is 11.5. The van der Waals surface area contributed by atoms with Crippen LogP contribution >= 0.6 is 0 Å². The van der Waals surface area contributed by atoms with Gasteiger partial charge in [-0.25, -0.2) is 0 Å². The van der Waals surface area contributed by atoms with Crippen molar-refractivity contribution in [3.63, 3.8) is 0 Å². The van der Waals surface area contributed by atoms with Gasteiger partial charge in [0, 0.05) is 18.0 Å². The zero-order chi connectivity index (χ0) is 8.65. The van der Waals surface area contributed by atoms with E-state index in [0.717, 1.165) is 13.0 Å². The van der Waals surface area contributed by atoms with Crippen LogP contribution in [0.15, 0.2) is 0 Å². The smallest absolute Gasteiger partial charge is 0.225 e. The molecule has 0 radical (unpaired) electrons. The Morgan fingerprint density at radius 3 is 2.18 bits per heavy atom. The number of hydrogen-bond acceptors (Lipinski definition) is 1. The highest BCUT2D eigenvalue weighted by Crippen LogP contribution is 2.24. The summed E-state index contributed by atoms with van der Waals surface area (Å²) < 4.78 is 0. The lowest BCUT2D eigenvalue weighted by Gasteiger charge is -2.31. The summed E-state index contributed by atoms with van der Waals surface area (Å²) in [5, 5.41) is 0. The van der Waals surface area contributed by atoms with E-state index in [1.165, 1.54) is 0 Å². The Kier molecular flexibility index (Phi) is 1.95. The van der Waals surface area contributed by atoms with Gasteiger partial charge in [-0.3, -0.25) is 4.79 Å². The minimum Gasteiger partial charge on any atom is -0.338 e. The molecular weight excluding hydrogens is 138 g/mol. The van der Waals surface area contributed by atoms with E-state index in [1.807, 2.05) is 11.8 Å². The lowest BCUT2D eigenvalue weighted by Crippen LogP contribution is -2.42. The summed E-state index contributed by atoms with van der Waals surface area (Å²) in [6.45, 7) is 9.20. The minimum absolute atomic E-state index is 0.0157. The quantitative estimate of drug-likeness (QED) is 0.521. The third kappa shape index (κ3) is 1.55. The van der Waals surface area contributed by atoms with Crippen LogP contribution in [0.4, 0.5) is 0 Å². The van der Waals surface area contributed by atoms with Gasteiger partial charge in [0.05, 0.1) is 0 Å². The van der Waals surface area contributed by atoms with Gasteiger partial charge < -0.3 is 4.90 Å². The summed E-state index contributed by atoms with van der Waals surface area (Å²) in [6.07, 6.45) is 1.02. The van der Waals surface area contributed by atoms with E-state index in [2.05, 4.69) is 20.8 Å². The van der Waals surface area contributed by atoms with Crippen molar-refractivity contribution in [3.05, 3.63) is 0 Å². The highest BCUT2D eigenvalue weighted by molar-refractivity contribution is 5.81. The predicted octanol–water partition coefficient (Wildman–Crippen LogP) is 1.65. The summed E-state index contributed by atoms with van der Waals surface area (Å²) in [5.74, 6) is 0.562. The van der Waals surface area contributed by atoms with Crippen molar-refractivity contribution < 1.29 is 4.79 Å². The molecule has 1 atom stereocenters. The topological polar surface area (TPSA) is 20.3 Å². The number of nitrogens with zero attached hydrogens (tertiary/aromatic N) is 1. The first kappa shape index (κ1) is 8.57. The molecule has 0 aliphatic carbocycles. The first-order valence-corrected chi connectivity index (χ1v) is 4.24. The number of carbonyl (C=O) groups is 1. The molecule has 0 bridgehead atoms. The fourth-order valence-electron chi connectivity index (χ4n) is 1.49. The molecule has 64 valence electrons. The Morgan fingerprint density at radius 2 is 2.00 bits per heavy atom. The van der Waals surface area contributed by atoms with Gasteiger partial charge in [0.1, 0.15) is 0 Å². The van der Waals surface area contributed by atoms with E-state index in [-0.39, 0.29) is 11.5 Å². The predicted molar refractivity (Wildman–Crippen MR) is 45.2 cm³/mol. The Bertz CT molecular complexity index is 169. The van der Waals surface area contributed by atoms with Crippen molar-refractivity contribution in [2.75, 3.05) is 6.54 Å². The van der Waals surface area contributed by atoms with Crippen LogP contribution in [-0.2, 0) is 4.79 Å². The third-order valence-corrected chi connectivity index (χ3v) is 2.28. The summed E-state index contributed by atoms with van der Waals surface area (Å²) >= 11 is 0. The second-order valence-corrected chi connectivity index (χ2v) is 4.35. The van der Waals surface area contributed by atoms with Crippen molar-refractivity contribution >= 4 is 5.91 Å². The first-order chi connectivity index (χ1) is 4.93. The van der Waals surface area contributed by atoms with Crippen molar-refractivity contribution in [2.24, 2.45) is 5.92 Å². The normalized spacial score (nSPS) is 26.4. The van der Waals surface area contributed by atoms with Crippen LogP contribution in [-0.4, -0.2) is 22.9 Å². The standard InChI is InChI=1S/C9H17NO/c1-7-5-6-10(8(7)11)9(2,3)4/h7H,5-6H2,1-4H3/t7-/m0/s1.